The van der Waals surface area contributed by atoms with Gasteiger partial charge < -0.3 is 15.2 Å². The van der Waals surface area contributed by atoms with Gasteiger partial charge in [0.2, 0.25) is 0 Å². The first-order valence-electron chi connectivity index (χ1n) is 10.6. The van der Waals surface area contributed by atoms with Gasteiger partial charge in [0.1, 0.15) is 18.3 Å². The molecule has 0 radical (unpaired) electrons. The number of carboxylic acid groups (broad SMARTS) is 1. The minimum atomic E-state index is -1.09. The van der Waals surface area contributed by atoms with Crippen LogP contribution in [0.3, 0.4) is 0 Å². The van der Waals surface area contributed by atoms with Gasteiger partial charge in [0, 0.05) is 37.2 Å². The van der Waals surface area contributed by atoms with Crippen molar-refractivity contribution in [3.8, 4) is 11.8 Å². The Bertz CT molecular complexity index is 930. The molecule has 3 atom stereocenters. The summed E-state index contributed by atoms with van der Waals surface area (Å²) in [6.07, 6.45) is 0.202. The normalized spacial score (nSPS) is 23.0. The number of likely N-dealkylation sites (tertiary alicyclic amines) is 1. The van der Waals surface area contributed by atoms with Crippen LogP contribution in [-0.4, -0.2) is 48.3 Å². The number of fused-ring (bicyclic) bond motifs is 1. The maximum atomic E-state index is 11.0. The van der Waals surface area contributed by atoms with Crippen molar-refractivity contribution in [3.05, 3.63) is 64.7 Å². The van der Waals surface area contributed by atoms with E-state index in [2.05, 4.69) is 22.3 Å². The molecular formula is C24H26ClN3O3. The fourth-order valence-electron chi connectivity index (χ4n) is 4.43. The van der Waals surface area contributed by atoms with Gasteiger partial charge in [0.05, 0.1) is 6.07 Å². The highest BCUT2D eigenvalue weighted by Gasteiger charge is 2.55. The third kappa shape index (κ3) is 5.56. The van der Waals surface area contributed by atoms with Crippen molar-refractivity contribution in [1.82, 2.24) is 10.2 Å². The second kappa shape index (κ2) is 9.69. The molecule has 1 saturated heterocycles. The standard InChI is InChI=1S/C24H26ClN3O3/c25-19-5-1-17(2-6-19)13-28-14-21-22(15-28)23(21)27-9-10-31-20-7-3-16(4-8-20)11-18(12-26)24(29)30/h1-8,18,21-23,27H,9-11,13-15H2,(H,29,30)/t18-,21?,22?,23?/m0/s1. The minimum absolute atomic E-state index is 0.202. The molecule has 2 N–H and O–H groups in total. The average molecular weight is 440 g/mol. The zero-order chi connectivity index (χ0) is 21.8. The Balaban J connectivity index is 1.12. The SMILES string of the molecule is N#C[C@H](Cc1ccc(OCCNC2C3CN(Cc4ccc(Cl)cc4)CC32)cc1)C(=O)O. The van der Waals surface area contributed by atoms with Crippen LogP contribution in [0, 0.1) is 29.1 Å². The smallest absolute Gasteiger partial charge is 0.321 e. The van der Waals surface area contributed by atoms with E-state index in [0.29, 0.717) is 12.6 Å². The lowest BCUT2D eigenvalue weighted by molar-refractivity contribution is -0.139. The first kappa shape index (κ1) is 21.6. The number of aliphatic carboxylic acids is 1. The Kier molecular flexibility index (Phi) is 6.77. The number of rotatable bonds is 10. The Morgan fingerprint density at radius 3 is 2.42 bits per heavy atom. The van der Waals surface area contributed by atoms with E-state index >= 15 is 0 Å². The molecule has 7 heteroatoms. The Hall–Kier alpha value is -2.59. The average Bonchev–Trinajstić information content (AvgIpc) is 3.21. The second-order valence-corrected chi connectivity index (χ2v) is 8.78. The van der Waals surface area contributed by atoms with Crippen LogP contribution < -0.4 is 10.1 Å². The number of nitriles is 1. The molecular weight excluding hydrogens is 414 g/mol. The number of carbonyl (C=O) groups is 1. The Morgan fingerprint density at radius 1 is 1.16 bits per heavy atom. The van der Waals surface area contributed by atoms with Gasteiger partial charge in [0.15, 0.2) is 0 Å². The molecule has 1 aliphatic heterocycles. The van der Waals surface area contributed by atoms with Crippen molar-refractivity contribution < 1.29 is 14.6 Å². The number of hydrogen-bond acceptors (Lipinski definition) is 5. The molecule has 0 spiro atoms. The molecule has 2 fully saturated rings. The minimum Gasteiger partial charge on any atom is -0.492 e. The van der Waals surface area contributed by atoms with Crippen molar-refractivity contribution in [1.29, 1.82) is 5.26 Å². The Morgan fingerprint density at radius 2 is 1.81 bits per heavy atom. The van der Waals surface area contributed by atoms with Crippen LogP contribution in [0.4, 0.5) is 0 Å². The van der Waals surface area contributed by atoms with Crippen LogP contribution in [0.25, 0.3) is 0 Å². The van der Waals surface area contributed by atoms with Gasteiger partial charge in [0.25, 0.3) is 0 Å². The number of piperidine rings is 1. The van der Waals surface area contributed by atoms with Crippen LogP contribution in [-0.2, 0) is 17.8 Å². The fourth-order valence-corrected chi connectivity index (χ4v) is 4.56. The molecule has 6 nitrogen and oxygen atoms in total. The summed E-state index contributed by atoms with van der Waals surface area (Å²) in [6, 6.07) is 17.8. The zero-order valence-electron chi connectivity index (χ0n) is 17.2. The lowest BCUT2D eigenvalue weighted by Gasteiger charge is -2.20. The van der Waals surface area contributed by atoms with Gasteiger partial charge in [-0.3, -0.25) is 9.69 Å². The predicted octanol–water partition coefficient (Wildman–Crippen LogP) is 3.21. The topological polar surface area (TPSA) is 85.6 Å². The molecule has 2 unspecified atom stereocenters. The Labute approximate surface area is 187 Å². The van der Waals surface area contributed by atoms with Crippen molar-refractivity contribution in [2.75, 3.05) is 26.2 Å². The van der Waals surface area contributed by atoms with Crippen molar-refractivity contribution in [3.63, 3.8) is 0 Å². The van der Waals surface area contributed by atoms with Gasteiger partial charge in [-0.1, -0.05) is 35.9 Å². The molecule has 2 aromatic rings. The quantitative estimate of drug-likeness (QED) is 0.553. The van der Waals surface area contributed by atoms with Gasteiger partial charge in [-0.15, -0.1) is 0 Å². The third-order valence-electron chi connectivity index (χ3n) is 6.16. The van der Waals surface area contributed by atoms with E-state index in [0.717, 1.165) is 54.4 Å². The van der Waals surface area contributed by atoms with Gasteiger partial charge in [-0.25, -0.2) is 0 Å². The number of halogens is 1. The number of nitrogens with zero attached hydrogens (tertiary/aromatic N) is 2. The summed E-state index contributed by atoms with van der Waals surface area (Å²) in [7, 11) is 0. The maximum absolute atomic E-state index is 11.0. The molecule has 0 aromatic heterocycles. The van der Waals surface area contributed by atoms with Crippen molar-refractivity contribution in [2.24, 2.45) is 17.8 Å². The molecule has 4 rings (SSSR count). The second-order valence-electron chi connectivity index (χ2n) is 8.34. The van der Waals surface area contributed by atoms with Gasteiger partial charge >= 0.3 is 5.97 Å². The van der Waals surface area contributed by atoms with Crippen LogP contribution in [0.15, 0.2) is 48.5 Å². The molecule has 1 heterocycles. The summed E-state index contributed by atoms with van der Waals surface area (Å²) in [6.45, 7) is 4.63. The third-order valence-corrected chi connectivity index (χ3v) is 6.41. The maximum Gasteiger partial charge on any atom is 0.321 e. The van der Waals surface area contributed by atoms with E-state index in [1.165, 1.54) is 5.56 Å². The van der Waals surface area contributed by atoms with Crippen molar-refractivity contribution >= 4 is 17.6 Å². The molecule has 0 amide bonds. The highest BCUT2D eigenvalue weighted by molar-refractivity contribution is 6.30. The molecule has 162 valence electrons. The van der Waals surface area contributed by atoms with Crippen molar-refractivity contribution in [2.45, 2.75) is 19.0 Å². The van der Waals surface area contributed by atoms with E-state index < -0.39 is 11.9 Å². The van der Waals surface area contributed by atoms with E-state index in [1.54, 1.807) is 0 Å². The number of nitrogens with one attached hydrogen (secondary N) is 1. The first-order chi connectivity index (χ1) is 15.0. The summed E-state index contributed by atoms with van der Waals surface area (Å²) in [4.78, 5) is 13.5. The number of hydrogen-bond donors (Lipinski definition) is 2. The number of benzene rings is 2. The van der Waals surface area contributed by atoms with Gasteiger partial charge in [-0.05, 0) is 53.6 Å². The molecule has 1 aliphatic carbocycles. The molecule has 2 aromatic carbocycles. The lowest BCUT2D eigenvalue weighted by atomic mass is 10.0. The fraction of sp³-hybridized carbons (Fsp3) is 0.417. The van der Waals surface area contributed by atoms with E-state index in [1.807, 2.05) is 42.5 Å². The monoisotopic (exact) mass is 439 g/mol. The molecule has 31 heavy (non-hydrogen) atoms. The van der Waals surface area contributed by atoms with Gasteiger partial charge in [-0.2, -0.15) is 5.26 Å². The van der Waals surface area contributed by atoms with E-state index in [-0.39, 0.29) is 6.42 Å². The van der Waals surface area contributed by atoms with Crippen LogP contribution >= 0.6 is 11.6 Å². The highest BCUT2D eigenvalue weighted by atomic mass is 35.5. The predicted molar refractivity (Wildman–Crippen MR) is 118 cm³/mol. The van der Waals surface area contributed by atoms with Crippen LogP contribution in [0.5, 0.6) is 5.75 Å². The first-order valence-corrected chi connectivity index (χ1v) is 11.0. The molecule has 2 aliphatic rings. The molecule has 1 saturated carbocycles. The summed E-state index contributed by atoms with van der Waals surface area (Å²) in [5, 5.41) is 22.2. The largest absolute Gasteiger partial charge is 0.492 e. The molecule has 0 bridgehead atoms. The number of carboxylic acids is 1. The summed E-state index contributed by atoms with van der Waals surface area (Å²) in [5.41, 5.74) is 2.12. The summed E-state index contributed by atoms with van der Waals surface area (Å²) < 4.78 is 5.78. The van der Waals surface area contributed by atoms with E-state index in [9.17, 15) is 4.79 Å². The van der Waals surface area contributed by atoms with Crippen LogP contribution in [0.1, 0.15) is 11.1 Å². The number of ether oxygens (including phenoxy) is 1. The lowest BCUT2D eigenvalue weighted by Crippen LogP contribution is -2.33. The zero-order valence-corrected chi connectivity index (χ0v) is 18.0. The summed E-state index contributed by atoms with van der Waals surface area (Å²) >= 11 is 5.96. The summed E-state index contributed by atoms with van der Waals surface area (Å²) in [5.74, 6) is 0.102. The van der Waals surface area contributed by atoms with Crippen LogP contribution in [0.2, 0.25) is 5.02 Å². The van der Waals surface area contributed by atoms with E-state index in [4.69, 9.17) is 26.7 Å². The highest BCUT2D eigenvalue weighted by Crippen LogP contribution is 2.45.